The predicted molar refractivity (Wildman–Crippen MR) is 62.0 cm³/mol. The van der Waals surface area contributed by atoms with E-state index < -0.39 is 0 Å². The number of fused-ring (bicyclic) bond motifs is 1. The largest absolute Gasteiger partial charge is 0.255 e. The molecule has 0 unspecified atom stereocenters. The van der Waals surface area contributed by atoms with Crippen molar-refractivity contribution in [3.63, 3.8) is 0 Å². The van der Waals surface area contributed by atoms with Crippen LogP contribution in [0.4, 0.5) is 0 Å². The van der Waals surface area contributed by atoms with E-state index >= 15 is 0 Å². The van der Waals surface area contributed by atoms with Crippen LogP contribution in [0.5, 0.6) is 0 Å². The lowest BCUT2D eigenvalue weighted by atomic mass is 10.1. The zero-order chi connectivity index (χ0) is 11.1. The first kappa shape index (κ1) is 10.3. The summed E-state index contributed by atoms with van der Waals surface area (Å²) in [6.07, 6.45) is 4.81. The molecule has 1 saturated carbocycles. The van der Waals surface area contributed by atoms with Gasteiger partial charge >= 0.3 is 0 Å². The Labute approximate surface area is 103 Å². The predicted octanol–water partition coefficient (Wildman–Crippen LogP) is 3.09. The number of rotatable bonds is 1. The minimum absolute atomic E-state index is 0.350. The van der Waals surface area contributed by atoms with E-state index in [1.807, 2.05) is 0 Å². The molecule has 0 spiro atoms. The molecule has 1 fully saturated rings. The highest BCUT2D eigenvalue weighted by molar-refractivity contribution is 6.33. The Hall–Kier alpha value is -0.870. The summed E-state index contributed by atoms with van der Waals surface area (Å²) in [5.74, 6) is 1.78. The maximum absolute atomic E-state index is 6.02. The molecule has 0 atom stereocenters. The van der Waals surface area contributed by atoms with Crippen LogP contribution < -0.4 is 0 Å². The van der Waals surface area contributed by atoms with E-state index in [0.717, 1.165) is 18.7 Å². The lowest BCUT2D eigenvalue weighted by molar-refractivity contribution is 0.666. The fourth-order valence-electron chi connectivity index (χ4n) is 2.18. The molecule has 4 nitrogen and oxygen atoms in total. The van der Waals surface area contributed by atoms with Crippen molar-refractivity contribution in [3.05, 3.63) is 22.2 Å². The molecular formula is C10H10Cl2N4. The fourth-order valence-corrected chi connectivity index (χ4v) is 2.63. The van der Waals surface area contributed by atoms with Gasteiger partial charge in [0.2, 0.25) is 0 Å². The van der Waals surface area contributed by atoms with Crippen LogP contribution in [0.25, 0.3) is 5.78 Å². The van der Waals surface area contributed by atoms with Crippen molar-refractivity contribution in [2.24, 2.45) is 0 Å². The third-order valence-corrected chi connectivity index (χ3v) is 3.44. The Morgan fingerprint density at radius 1 is 1.19 bits per heavy atom. The second-order valence-corrected chi connectivity index (χ2v) is 4.84. The highest BCUT2D eigenvalue weighted by atomic mass is 35.5. The van der Waals surface area contributed by atoms with Crippen molar-refractivity contribution in [2.75, 3.05) is 0 Å². The third kappa shape index (κ3) is 1.66. The van der Waals surface area contributed by atoms with Crippen LogP contribution in [0.15, 0.2) is 6.07 Å². The molecular weight excluding hydrogens is 247 g/mol. The van der Waals surface area contributed by atoms with E-state index in [4.69, 9.17) is 23.2 Å². The van der Waals surface area contributed by atoms with E-state index in [1.54, 1.807) is 10.6 Å². The highest BCUT2D eigenvalue weighted by Crippen LogP contribution is 2.32. The molecule has 0 aromatic carbocycles. The van der Waals surface area contributed by atoms with Gasteiger partial charge in [-0.25, -0.2) is 0 Å². The minimum Gasteiger partial charge on any atom is -0.199 e. The standard InChI is InChI=1S/C10H10Cl2N4/c11-7-5-8(12)16-10(13-7)14-9(15-16)6-3-1-2-4-6/h5-6H,1-4H2. The van der Waals surface area contributed by atoms with E-state index in [-0.39, 0.29) is 0 Å². The van der Waals surface area contributed by atoms with Crippen LogP contribution in [0.3, 0.4) is 0 Å². The Kier molecular flexibility index (Phi) is 2.48. The number of hydrogen-bond acceptors (Lipinski definition) is 3. The lowest BCUT2D eigenvalue weighted by Crippen LogP contribution is -1.96. The molecule has 2 heterocycles. The molecule has 0 amide bonds. The van der Waals surface area contributed by atoms with Crippen molar-refractivity contribution in [1.82, 2.24) is 19.6 Å². The Balaban J connectivity index is 2.11. The van der Waals surface area contributed by atoms with Crippen LogP contribution >= 0.6 is 23.2 Å². The van der Waals surface area contributed by atoms with Crippen LogP contribution in [-0.4, -0.2) is 19.6 Å². The van der Waals surface area contributed by atoms with E-state index in [9.17, 15) is 0 Å². The maximum atomic E-state index is 6.02. The van der Waals surface area contributed by atoms with Crippen molar-refractivity contribution in [1.29, 1.82) is 0 Å². The molecule has 0 radical (unpaired) electrons. The van der Waals surface area contributed by atoms with Crippen molar-refractivity contribution in [3.8, 4) is 0 Å². The summed E-state index contributed by atoms with van der Waals surface area (Å²) < 4.78 is 1.54. The summed E-state index contributed by atoms with van der Waals surface area (Å²) in [7, 11) is 0. The van der Waals surface area contributed by atoms with Crippen LogP contribution in [0, 0.1) is 0 Å². The highest BCUT2D eigenvalue weighted by Gasteiger charge is 2.22. The maximum Gasteiger partial charge on any atom is 0.255 e. The van der Waals surface area contributed by atoms with E-state index in [2.05, 4.69) is 15.1 Å². The molecule has 0 saturated heterocycles. The normalized spacial score (nSPS) is 17.4. The summed E-state index contributed by atoms with van der Waals surface area (Å²) in [5, 5.41) is 5.19. The molecule has 0 N–H and O–H groups in total. The van der Waals surface area contributed by atoms with Crippen molar-refractivity contribution < 1.29 is 0 Å². The first-order valence-corrected chi connectivity index (χ1v) is 6.08. The molecule has 2 aromatic rings. The van der Waals surface area contributed by atoms with Crippen molar-refractivity contribution in [2.45, 2.75) is 31.6 Å². The number of aromatic nitrogens is 4. The van der Waals surface area contributed by atoms with Gasteiger partial charge in [0, 0.05) is 12.0 Å². The summed E-state index contributed by atoms with van der Waals surface area (Å²) >= 11 is 11.8. The minimum atomic E-state index is 0.350. The Morgan fingerprint density at radius 2 is 1.94 bits per heavy atom. The van der Waals surface area contributed by atoms with Crippen molar-refractivity contribution >= 4 is 29.0 Å². The number of halogens is 2. The lowest BCUT2D eigenvalue weighted by Gasteiger charge is -2.00. The first-order chi connectivity index (χ1) is 7.74. The monoisotopic (exact) mass is 256 g/mol. The average Bonchev–Trinajstić information content (AvgIpc) is 2.82. The number of nitrogens with zero attached hydrogens (tertiary/aromatic N) is 4. The van der Waals surface area contributed by atoms with Gasteiger partial charge in [-0.3, -0.25) is 0 Å². The van der Waals surface area contributed by atoms with Gasteiger partial charge in [-0.2, -0.15) is 14.5 Å². The topological polar surface area (TPSA) is 43.1 Å². The van der Waals surface area contributed by atoms with E-state index in [1.165, 1.54) is 12.8 Å². The van der Waals surface area contributed by atoms with Gasteiger partial charge in [-0.05, 0) is 12.8 Å². The molecule has 6 heteroatoms. The van der Waals surface area contributed by atoms with E-state index in [0.29, 0.717) is 22.0 Å². The summed E-state index contributed by atoms with van der Waals surface area (Å²) in [4.78, 5) is 8.49. The van der Waals surface area contributed by atoms with Crippen LogP contribution in [0.1, 0.15) is 37.4 Å². The van der Waals surface area contributed by atoms with Gasteiger partial charge in [-0.1, -0.05) is 36.0 Å². The molecule has 1 aliphatic carbocycles. The molecule has 3 rings (SSSR count). The molecule has 0 bridgehead atoms. The van der Waals surface area contributed by atoms with Crippen LogP contribution in [-0.2, 0) is 0 Å². The third-order valence-electron chi connectivity index (χ3n) is 2.97. The van der Waals surface area contributed by atoms with Gasteiger partial charge in [0.05, 0.1) is 0 Å². The molecule has 0 aliphatic heterocycles. The Morgan fingerprint density at radius 3 is 2.69 bits per heavy atom. The summed E-state index contributed by atoms with van der Waals surface area (Å²) in [6, 6.07) is 1.57. The number of hydrogen-bond donors (Lipinski definition) is 0. The van der Waals surface area contributed by atoms with Gasteiger partial charge in [0.1, 0.15) is 10.3 Å². The second kappa shape index (κ2) is 3.86. The van der Waals surface area contributed by atoms with Gasteiger partial charge in [0.25, 0.3) is 5.78 Å². The van der Waals surface area contributed by atoms with Gasteiger partial charge in [0.15, 0.2) is 5.82 Å². The molecule has 16 heavy (non-hydrogen) atoms. The molecule has 84 valence electrons. The fraction of sp³-hybridized carbons (Fsp3) is 0.500. The second-order valence-electron chi connectivity index (χ2n) is 4.06. The summed E-state index contributed by atoms with van der Waals surface area (Å²) in [6.45, 7) is 0. The average molecular weight is 257 g/mol. The quantitative estimate of drug-likeness (QED) is 0.737. The first-order valence-electron chi connectivity index (χ1n) is 5.33. The summed E-state index contributed by atoms with van der Waals surface area (Å²) in [5.41, 5.74) is 0. The van der Waals surface area contributed by atoms with Crippen LogP contribution in [0.2, 0.25) is 10.3 Å². The zero-order valence-electron chi connectivity index (χ0n) is 8.53. The smallest absolute Gasteiger partial charge is 0.199 e. The Bertz CT molecular complexity index is 531. The SMILES string of the molecule is Clc1cc(Cl)n2nc(C3CCCC3)nc2n1. The van der Waals surface area contributed by atoms with Gasteiger partial charge in [-0.15, -0.1) is 5.10 Å². The molecule has 2 aromatic heterocycles. The molecule has 1 aliphatic rings. The zero-order valence-corrected chi connectivity index (χ0v) is 10.0. The van der Waals surface area contributed by atoms with Gasteiger partial charge < -0.3 is 0 Å².